The summed E-state index contributed by atoms with van der Waals surface area (Å²) in [5.41, 5.74) is 5.20. The Morgan fingerprint density at radius 2 is 1.95 bits per heavy atom. The van der Waals surface area contributed by atoms with Gasteiger partial charge in [-0.25, -0.2) is 4.68 Å². The second-order valence-electron chi connectivity index (χ2n) is 5.95. The molecule has 0 saturated heterocycles. The molecule has 3 rings (SSSR count). The number of hydrogen-bond donors (Lipinski definition) is 2. The van der Waals surface area contributed by atoms with Crippen LogP contribution >= 0.6 is 0 Å². The molecule has 4 heteroatoms. The fourth-order valence-corrected chi connectivity index (χ4v) is 3.38. The molecule has 0 bridgehead atoms. The molecule has 1 atom stereocenters. The van der Waals surface area contributed by atoms with Crippen LogP contribution in [0.25, 0.3) is 5.69 Å². The van der Waals surface area contributed by atoms with E-state index in [1.807, 2.05) is 29.1 Å². The van der Waals surface area contributed by atoms with Gasteiger partial charge in [-0.05, 0) is 37.0 Å². The van der Waals surface area contributed by atoms with Gasteiger partial charge in [0.25, 0.3) is 0 Å². The molecule has 1 aliphatic carbocycles. The maximum Gasteiger partial charge on any atom is 0.0649 e. The molecule has 4 nitrogen and oxygen atoms in total. The van der Waals surface area contributed by atoms with Gasteiger partial charge in [0, 0.05) is 6.20 Å². The van der Waals surface area contributed by atoms with E-state index in [9.17, 15) is 0 Å². The Balaban J connectivity index is 1.73. The van der Waals surface area contributed by atoms with Gasteiger partial charge in [0.2, 0.25) is 0 Å². The molecular weight excluding hydrogens is 260 g/mol. The summed E-state index contributed by atoms with van der Waals surface area (Å²) in [7, 11) is 0. The summed E-state index contributed by atoms with van der Waals surface area (Å²) in [6.07, 6.45) is 9.72. The molecule has 2 aromatic rings. The average Bonchev–Trinajstić information content (AvgIpc) is 3.20. The van der Waals surface area contributed by atoms with Gasteiger partial charge in [0.15, 0.2) is 0 Å². The molecule has 1 saturated carbocycles. The molecule has 112 valence electrons. The SMILES string of the molecule is NNC(CCC1CCCC1)c1ccnn1-c1ccccc1. The number of hydrogen-bond acceptors (Lipinski definition) is 3. The largest absolute Gasteiger partial charge is 0.271 e. The summed E-state index contributed by atoms with van der Waals surface area (Å²) >= 11 is 0. The van der Waals surface area contributed by atoms with Gasteiger partial charge in [0.1, 0.15) is 0 Å². The third kappa shape index (κ3) is 3.34. The van der Waals surface area contributed by atoms with Crippen molar-refractivity contribution < 1.29 is 0 Å². The highest BCUT2D eigenvalue weighted by Crippen LogP contribution is 2.31. The van der Waals surface area contributed by atoms with Gasteiger partial charge < -0.3 is 0 Å². The van der Waals surface area contributed by atoms with E-state index in [0.717, 1.165) is 23.7 Å². The molecule has 0 aliphatic heterocycles. The summed E-state index contributed by atoms with van der Waals surface area (Å²) < 4.78 is 1.99. The molecule has 0 spiro atoms. The number of hydrazine groups is 1. The highest BCUT2D eigenvalue weighted by atomic mass is 15.3. The number of nitrogens with zero attached hydrogens (tertiary/aromatic N) is 2. The van der Waals surface area contributed by atoms with E-state index in [1.165, 1.54) is 32.1 Å². The molecule has 1 unspecified atom stereocenters. The van der Waals surface area contributed by atoms with E-state index in [-0.39, 0.29) is 6.04 Å². The summed E-state index contributed by atoms with van der Waals surface area (Å²) in [5.74, 6) is 6.69. The predicted octanol–water partition coefficient (Wildman–Crippen LogP) is 3.35. The normalized spacial score (nSPS) is 17.2. The highest BCUT2D eigenvalue weighted by molar-refractivity contribution is 5.33. The fourth-order valence-electron chi connectivity index (χ4n) is 3.38. The Bertz CT molecular complexity index is 543. The molecule has 1 heterocycles. The number of benzene rings is 1. The Kier molecular flexibility index (Phi) is 4.68. The van der Waals surface area contributed by atoms with E-state index >= 15 is 0 Å². The first kappa shape index (κ1) is 14.3. The zero-order valence-corrected chi connectivity index (χ0v) is 12.4. The molecular formula is C17H24N4. The number of rotatable bonds is 6. The van der Waals surface area contributed by atoms with Crippen LogP contribution < -0.4 is 11.3 Å². The fraction of sp³-hybridized carbons (Fsp3) is 0.471. The van der Waals surface area contributed by atoms with Crippen molar-refractivity contribution >= 4 is 0 Å². The van der Waals surface area contributed by atoms with Crippen molar-refractivity contribution in [3.05, 3.63) is 48.3 Å². The van der Waals surface area contributed by atoms with Crippen molar-refractivity contribution in [2.75, 3.05) is 0 Å². The van der Waals surface area contributed by atoms with E-state index in [0.29, 0.717) is 0 Å². The monoisotopic (exact) mass is 284 g/mol. The minimum atomic E-state index is 0.160. The van der Waals surface area contributed by atoms with Crippen LogP contribution in [0.4, 0.5) is 0 Å². The predicted molar refractivity (Wildman–Crippen MR) is 84.8 cm³/mol. The van der Waals surface area contributed by atoms with Crippen molar-refractivity contribution in [2.24, 2.45) is 11.8 Å². The van der Waals surface area contributed by atoms with Gasteiger partial charge in [0.05, 0.1) is 17.4 Å². The first-order valence-electron chi connectivity index (χ1n) is 7.94. The Morgan fingerprint density at radius 3 is 2.67 bits per heavy atom. The first-order valence-corrected chi connectivity index (χ1v) is 7.94. The van der Waals surface area contributed by atoms with Gasteiger partial charge >= 0.3 is 0 Å². The van der Waals surface area contributed by atoms with Crippen molar-refractivity contribution in [2.45, 2.75) is 44.6 Å². The van der Waals surface area contributed by atoms with Crippen LogP contribution in [0.15, 0.2) is 42.6 Å². The smallest absolute Gasteiger partial charge is 0.0649 e. The second kappa shape index (κ2) is 6.87. The van der Waals surface area contributed by atoms with E-state index < -0.39 is 0 Å². The first-order chi connectivity index (χ1) is 10.4. The lowest BCUT2D eigenvalue weighted by molar-refractivity contribution is 0.406. The molecule has 1 aliphatic rings. The van der Waals surface area contributed by atoms with E-state index in [1.54, 1.807) is 0 Å². The molecule has 0 radical (unpaired) electrons. The molecule has 1 aromatic heterocycles. The van der Waals surface area contributed by atoms with Crippen LogP contribution in [-0.2, 0) is 0 Å². The summed E-state index contributed by atoms with van der Waals surface area (Å²) in [4.78, 5) is 0. The van der Waals surface area contributed by atoms with Crippen LogP contribution in [-0.4, -0.2) is 9.78 Å². The summed E-state index contributed by atoms with van der Waals surface area (Å²) in [6.45, 7) is 0. The molecule has 3 N–H and O–H groups in total. The number of nitrogens with one attached hydrogen (secondary N) is 1. The van der Waals surface area contributed by atoms with Crippen molar-refractivity contribution in [3.8, 4) is 5.69 Å². The van der Waals surface area contributed by atoms with Crippen molar-refractivity contribution in [1.29, 1.82) is 0 Å². The minimum absolute atomic E-state index is 0.160. The summed E-state index contributed by atoms with van der Waals surface area (Å²) in [5, 5.41) is 4.46. The minimum Gasteiger partial charge on any atom is -0.271 e. The van der Waals surface area contributed by atoms with Gasteiger partial charge in [-0.3, -0.25) is 11.3 Å². The lowest BCUT2D eigenvalue weighted by atomic mass is 9.97. The highest BCUT2D eigenvalue weighted by Gasteiger charge is 2.20. The third-order valence-corrected chi connectivity index (χ3v) is 4.57. The number of para-hydroxylation sites is 1. The number of nitrogens with two attached hydrogens (primary N) is 1. The maximum atomic E-state index is 5.80. The summed E-state index contributed by atoms with van der Waals surface area (Å²) in [6, 6.07) is 12.4. The zero-order valence-electron chi connectivity index (χ0n) is 12.4. The lowest BCUT2D eigenvalue weighted by Crippen LogP contribution is -2.30. The topological polar surface area (TPSA) is 55.9 Å². The van der Waals surface area contributed by atoms with Crippen molar-refractivity contribution in [1.82, 2.24) is 15.2 Å². The Labute approximate surface area is 126 Å². The Hall–Kier alpha value is -1.65. The van der Waals surface area contributed by atoms with Crippen LogP contribution in [0.5, 0.6) is 0 Å². The van der Waals surface area contributed by atoms with E-state index in [2.05, 4.69) is 28.7 Å². The van der Waals surface area contributed by atoms with E-state index in [4.69, 9.17) is 5.84 Å². The van der Waals surface area contributed by atoms with Crippen LogP contribution in [0.1, 0.15) is 50.3 Å². The van der Waals surface area contributed by atoms with Gasteiger partial charge in [-0.2, -0.15) is 5.10 Å². The van der Waals surface area contributed by atoms with Crippen LogP contribution in [0.3, 0.4) is 0 Å². The molecule has 0 amide bonds. The Morgan fingerprint density at radius 1 is 1.19 bits per heavy atom. The quantitative estimate of drug-likeness (QED) is 0.632. The second-order valence-corrected chi connectivity index (χ2v) is 5.95. The standard InChI is InChI=1S/C17H24N4/c18-20-16(11-10-14-6-4-5-7-14)17-12-13-19-21(17)15-8-2-1-3-9-15/h1-3,8-9,12-14,16,20H,4-7,10-11,18H2. The van der Waals surface area contributed by atoms with Gasteiger partial charge in [-0.1, -0.05) is 43.9 Å². The third-order valence-electron chi connectivity index (χ3n) is 4.57. The van der Waals surface area contributed by atoms with Crippen LogP contribution in [0, 0.1) is 5.92 Å². The maximum absolute atomic E-state index is 5.80. The molecule has 1 fully saturated rings. The zero-order chi connectivity index (χ0) is 14.5. The average molecular weight is 284 g/mol. The molecule has 21 heavy (non-hydrogen) atoms. The molecule has 1 aromatic carbocycles. The van der Waals surface area contributed by atoms with Crippen molar-refractivity contribution in [3.63, 3.8) is 0 Å². The van der Waals surface area contributed by atoms with Crippen LogP contribution in [0.2, 0.25) is 0 Å². The number of aromatic nitrogens is 2. The van der Waals surface area contributed by atoms with Gasteiger partial charge in [-0.15, -0.1) is 0 Å². The lowest BCUT2D eigenvalue weighted by Gasteiger charge is -2.19.